The zero-order chi connectivity index (χ0) is 35.3. The first-order valence-corrected chi connectivity index (χ1v) is 18.9. The average molecular weight is 678 g/mol. The van der Waals surface area contributed by atoms with Crippen LogP contribution in [-0.4, -0.2) is 6.04 Å². The molecule has 252 valence electrons. The molecule has 1 heteroatoms. The van der Waals surface area contributed by atoms with Gasteiger partial charge in [0, 0.05) is 22.7 Å². The van der Waals surface area contributed by atoms with E-state index >= 15 is 0 Å². The first-order valence-electron chi connectivity index (χ1n) is 18.9. The molecular weight excluding hydrogens is 639 g/mol. The lowest BCUT2D eigenvalue weighted by Crippen LogP contribution is -2.38. The van der Waals surface area contributed by atoms with Crippen LogP contribution in [0.4, 0.5) is 11.4 Å². The molecule has 0 aromatic heterocycles. The fraction of sp³-hybridized carbons (Fsp3) is 0.115. The van der Waals surface area contributed by atoms with Crippen molar-refractivity contribution in [3.8, 4) is 33.4 Å². The van der Waals surface area contributed by atoms with Gasteiger partial charge in [-0.15, -0.1) is 0 Å². The van der Waals surface area contributed by atoms with Crippen LogP contribution in [0.3, 0.4) is 0 Å². The van der Waals surface area contributed by atoms with E-state index in [-0.39, 0.29) is 22.8 Å². The smallest absolute Gasteiger partial charge is 0.0686 e. The van der Waals surface area contributed by atoms with E-state index in [0.29, 0.717) is 0 Å². The summed E-state index contributed by atoms with van der Waals surface area (Å²) in [7, 11) is 0. The Morgan fingerprint density at radius 1 is 0.453 bits per heavy atom. The van der Waals surface area contributed by atoms with Crippen molar-refractivity contribution >= 4 is 11.4 Å². The topological polar surface area (TPSA) is 3.24 Å². The normalized spacial score (nSPS) is 18.7. The number of hydrogen-bond acceptors (Lipinski definition) is 1. The Balaban J connectivity index is 1.12. The summed E-state index contributed by atoms with van der Waals surface area (Å²) in [6, 6.07) is 63.7. The maximum absolute atomic E-state index is 2.63. The maximum Gasteiger partial charge on any atom is 0.0686 e. The molecule has 1 spiro atoms. The molecule has 0 heterocycles. The number of anilines is 2. The van der Waals surface area contributed by atoms with Gasteiger partial charge in [-0.05, 0) is 96.6 Å². The van der Waals surface area contributed by atoms with Gasteiger partial charge in [0.15, 0.2) is 0 Å². The first kappa shape index (κ1) is 30.4. The largest absolute Gasteiger partial charge is 0.334 e. The molecule has 4 aliphatic carbocycles. The predicted octanol–water partition coefficient (Wildman–Crippen LogP) is 12.8. The van der Waals surface area contributed by atoms with E-state index in [4.69, 9.17) is 0 Å². The number of rotatable bonds is 4. The van der Waals surface area contributed by atoms with Crippen molar-refractivity contribution in [1.29, 1.82) is 0 Å². The molecule has 7 aromatic carbocycles. The minimum Gasteiger partial charge on any atom is -0.334 e. The third-order valence-electron chi connectivity index (χ3n) is 12.7. The van der Waals surface area contributed by atoms with Crippen LogP contribution in [0.25, 0.3) is 33.4 Å². The van der Waals surface area contributed by atoms with Gasteiger partial charge in [0.25, 0.3) is 0 Å². The molecule has 53 heavy (non-hydrogen) atoms. The molecule has 0 amide bonds. The van der Waals surface area contributed by atoms with Crippen LogP contribution in [-0.2, 0) is 10.8 Å². The average Bonchev–Trinajstić information content (AvgIpc) is 3.78. The molecule has 4 aliphatic rings. The highest BCUT2D eigenvalue weighted by molar-refractivity contribution is 5.90. The van der Waals surface area contributed by atoms with Crippen molar-refractivity contribution in [1.82, 2.24) is 0 Å². The second-order valence-electron chi connectivity index (χ2n) is 15.6. The number of allylic oxidation sites excluding steroid dienone is 2. The Morgan fingerprint density at radius 3 is 1.68 bits per heavy atom. The maximum atomic E-state index is 2.63. The lowest BCUT2D eigenvalue weighted by molar-refractivity contribution is 0.630. The molecule has 0 radical (unpaired) electrons. The Kier molecular flexibility index (Phi) is 6.41. The van der Waals surface area contributed by atoms with Gasteiger partial charge in [-0.3, -0.25) is 0 Å². The van der Waals surface area contributed by atoms with Crippen LogP contribution < -0.4 is 4.90 Å². The van der Waals surface area contributed by atoms with Crippen molar-refractivity contribution in [2.24, 2.45) is 0 Å². The zero-order valence-electron chi connectivity index (χ0n) is 30.0. The first-order chi connectivity index (χ1) is 26.1. The van der Waals surface area contributed by atoms with Crippen molar-refractivity contribution in [3.05, 3.63) is 227 Å². The van der Waals surface area contributed by atoms with E-state index in [2.05, 4.69) is 207 Å². The molecular formula is C52H39N. The van der Waals surface area contributed by atoms with Crippen molar-refractivity contribution in [2.45, 2.75) is 36.6 Å². The van der Waals surface area contributed by atoms with E-state index in [9.17, 15) is 0 Å². The highest BCUT2D eigenvalue weighted by atomic mass is 15.2. The molecule has 0 saturated carbocycles. The number of nitrogens with zero attached hydrogens (tertiary/aromatic N) is 1. The summed E-state index contributed by atoms with van der Waals surface area (Å²) in [5.41, 5.74) is 19.7. The quantitative estimate of drug-likeness (QED) is 0.179. The summed E-state index contributed by atoms with van der Waals surface area (Å²) in [6.07, 6.45) is 7.24. The molecule has 0 fully saturated rings. The number of benzene rings is 7. The van der Waals surface area contributed by atoms with E-state index in [1.807, 2.05) is 0 Å². The Labute approximate surface area is 312 Å². The van der Waals surface area contributed by atoms with Crippen molar-refractivity contribution in [2.75, 3.05) is 4.90 Å². The fourth-order valence-corrected chi connectivity index (χ4v) is 10.5. The standard InChI is InChI=1S/C52H39N/c1-51(2)43-21-10-6-17-38(43)41-32-31-37(33-48(41)51)53(36-29-27-35(28-30-36)34-15-4-3-5-16-34)49-26-14-25-47-50(49)42-20-9-13-24-46(42)52(47)44-22-11-7-18-39(44)40-19-8-12-23-45(40)52/h3-33,49-50H,1-2H3. The SMILES string of the molecule is CC1(C)c2ccccc2-c2ccc(N(c3ccc(-c4ccccc4)cc3)C3C=CC=C4C3c3ccccc3C43c4ccccc4-c4ccccc43)cc21. The van der Waals surface area contributed by atoms with Gasteiger partial charge in [0.2, 0.25) is 0 Å². The van der Waals surface area contributed by atoms with E-state index in [0.717, 1.165) is 0 Å². The van der Waals surface area contributed by atoms with Gasteiger partial charge in [0.05, 0.1) is 11.5 Å². The molecule has 7 aromatic rings. The van der Waals surface area contributed by atoms with Crippen LogP contribution in [0.15, 0.2) is 194 Å². The van der Waals surface area contributed by atoms with Gasteiger partial charge in [-0.25, -0.2) is 0 Å². The Hall–Kier alpha value is -6.18. The van der Waals surface area contributed by atoms with Crippen LogP contribution in [0.2, 0.25) is 0 Å². The summed E-state index contributed by atoms with van der Waals surface area (Å²) in [6.45, 7) is 4.77. The monoisotopic (exact) mass is 677 g/mol. The molecule has 2 unspecified atom stereocenters. The van der Waals surface area contributed by atoms with Crippen LogP contribution in [0.5, 0.6) is 0 Å². The van der Waals surface area contributed by atoms with E-state index < -0.39 is 0 Å². The lowest BCUT2D eigenvalue weighted by Gasteiger charge is -2.41. The molecule has 2 atom stereocenters. The summed E-state index contributed by atoms with van der Waals surface area (Å²) >= 11 is 0. The van der Waals surface area contributed by atoms with Gasteiger partial charge in [0.1, 0.15) is 0 Å². The van der Waals surface area contributed by atoms with E-state index in [1.165, 1.54) is 83.7 Å². The van der Waals surface area contributed by atoms with Crippen molar-refractivity contribution < 1.29 is 0 Å². The highest BCUT2D eigenvalue weighted by Crippen LogP contribution is 2.65. The molecule has 0 bridgehead atoms. The molecule has 0 aliphatic heterocycles. The molecule has 0 saturated heterocycles. The predicted molar refractivity (Wildman–Crippen MR) is 220 cm³/mol. The third-order valence-corrected chi connectivity index (χ3v) is 12.7. The lowest BCUT2D eigenvalue weighted by atomic mass is 9.68. The third kappa shape index (κ3) is 4.08. The Bertz CT molecular complexity index is 2610. The highest BCUT2D eigenvalue weighted by Gasteiger charge is 2.57. The minimum absolute atomic E-state index is 0.0444. The molecule has 11 rings (SSSR count). The van der Waals surface area contributed by atoms with E-state index in [1.54, 1.807) is 0 Å². The summed E-state index contributed by atoms with van der Waals surface area (Å²) in [5, 5.41) is 0. The van der Waals surface area contributed by atoms with Crippen molar-refractivity contribution in [3.63, 3.8) is 0 Å². The second-order valence-corrected chi connectivity index (χ2v) is 15.6. The molecule has 0 N–H and O–H groups in total. The summed E-state index contributed by atoms with van der Waals surface area (Å²) in [4.78, 5) is 2.63. The van der Waals surface area contributed by atoms with Gasteiger partial charge >= 0.3 is 0 Å². The Morgan fingerprint density at radius 2 is 0.981 bits per heavy atom. The molecule has 1 nitrogen and oxygen atoms in total. The van der Waals surface area contributed by atoms with Gasteiger partial charge in [-0.2, -0.15) is 0 Å². The minimum atomic E-state index is -0.345. The fourth-order valence-electron chi connectivity index (χ4n) is 10.5. The second kappa shape index (κ2) is 11.2. The zero-order valence-corrected chi connectivity index (χ0v) is 30.0. The van der Waals surface area contributed by atoms with Crippen LogP contribution in [0.1, 0.15) is 53.1 Å². The van der Waals surface area contributed by atoms with Gasteiger partial charge in [-0.1, -0.05) is 178 Å². The number of fused-ring (bicyclic) bond motifs is 13. The number of hydrogen-bond donors (Lipinski definition) is 0. The summed E-state index contributed by atoms with van der Waals surface area (Å²) < 4.78 is 0. The van der Waals surface area contributed by atoms with Crippen LogP contribution in [0, 0.1) is 0 Å². The van der Waals surface area contributed by atoms with Crippen LogP contribution >= 0.6 is 0 Å². The van der Waals surface area contributed by atoms with Gasteiger partial charge < -0.3 is 4.90 Å². The summed E-state index contributed by atoms with van der Waals surface area (Å²) in [5.74, 6) is 0.141.